The normalized spacial score (nSPS) is 11.4. The summed E-state index contributed by atoms with van der Waals surface area (Å²) in [6.07, 6.45) is 1.75. The average molecular weight is 311 g/mol. The van der Waals surface area contributed by atoms with Crippen molar-refractivity contribution in [1.82, 2.24) is 19.9 Å². The summed E-state index contributed by atoms with van der Waals surface area (Å²) in [4.78, 5) is 13.9. The van der Waals surface area contributed by atoms with Gasteiger partial charge >= 0.3 is 0 Å². The molecule has 0 atom stereocenters. The fourth-order valence-corrected chi connectivity index (χ4v) is 2.81. The van der Waals surface area contributed by atoms with E-state index in [1.807, 2.05) is 0 Å². The molecule has 1 aromatic heterocycles. The summed E-state index contributed by atoms with van der Waals surface area (Å²) in [5.41, 5.74) is 0.405. The number of aromatic nitrogens is 3. The Hall–Kier alpha value is -2.33. The summed E-state index contributed by atoms with van der Waals surface area (Å²) in [5, 5.41) is 16.8. The Morgan fingerprint density at radius 1 is 1.29 bits per heavy atom. The molecule has 0 bridgehead atoms. The Morgan fingerprint density at radius 3 is 2.57 bits per heavy atom. The molecule has 0 aliphatic rings. The average Bonchev–Trinajstić information content (AvgIpc) is 2.91. The highest BCUT2D eigenvalue weighted by Crippen LogP contribution is 2.13. The van der Waals surface area contributed by atoms with Crippen LogP contribution in [0.1, 0.15) is 11.4 Å². The third-order valence-corrected chi connectivity index (χ3v) is 4.01. The van der Waals surface area contributed by atoms with Gasteiger partial charge in [-0.25, -0.2) is 18.1 Å². The summed E-state index contributed by atoms with van der Waals surface area (Å²) >= 11 is 0. The molecular weight excluding hydrogens is 298 g/mol. The number of hydrogen-bond donors (Lipinski definition) is 2. The second kappa shape index (κ2) is 6.41. The van der Waals surface area contributed by atoms with E-state index in [1.54, 1.807) is 0 Å². The number of non-ortho nitro benzene ring substituents is 1. The van der Waals surface area contributed by atoms with E-state index in [-0.39, 0.29) is 18.0 Å². The summed E-state index contributed by atoms with van der Waals surface area (Å²) in [6, 6.07) is 5.40. The van der Waals surface area contributed by atoms with E-state index in [0.29, 0.717) is 17.8 Å². The van der Waals surface area contributed by atoms with Crippen molar-refractivity contribution in [2.45, 2.75) is 12.2 Å². The van der Waals surface area contributed by atoms with E-state index in [1.165, 1.54) is 30.6 Å². The Balaban J connectivity index is 1.89. The van der Waals surface area contributed by atoms with Crippen LogP contribution in [0.3, 0.4) is 0 Å². The van der Waals surface area contributed by atoms with Crippen LogP contribution >= 0.6 is 0 Å². The van der Waals surface area contributed by atoms with E-state index in [9.17, 15) is 18.5 Å². The Kier molecular flexibility index (Phi) is 4.60. The molecule has 2 aromatic rings. The van der Waals surface area contributed by atoms with Crippen LogP contribution in [0.2, 0.25) is 0 Å². The number of nitro benzene ring substituents is 1. The van der Waals surface area contributed by atoms with Gasteiger partial charge < -0.3 is 0 Å². The van der Waals surface area contributed by atoms with Gasteiger partial charge in [0, 0.05) is 25.1 Å². The molecule has 10 heteroatoms. The molecule has 0 spiro atoms. The minimum absolute atomic E-state index is 0.0746. The number of sulfonamides is 1. The third-order valence-electron chi connectivity index (χ3n) is 2.65. The van der Waals surface area contributed by atoms with E-state index in [4.69, 9.17) is 0 Å². The highest BCUT2D eigenvalue weighted by atomic mass is 32.2. The van der Waals surface area contributed by atoms with Crippen LogP contribution in [-0.4, -0.2) is 35.1 Å². The van der Waals surface area contributed by atoms with Crippen molar-refractivity contribution in [3.05, 3.63) is 52.1 Å². The van der Waals surface area contributed by atoms with Crippen LogP contribution in [-0.2, 0) is 22.2 Å². The van der Waals surface area contributed by atoms with Crippen LogP contribution < -0.4 is 4.72 Å². The molecule has 21 heavy (non-hydrogen) atoms. The fraction of sp³-hybridized carbons (Fsp3) is 0.273. The minimum atomic E-state index is -3.50. The predicted molar refractivity (Wildman–Crippen MR) is 73.8 cm³/mol. The van der Waals surface area contributed by atoms with Gasteiger partial charge in [0.25, 0.3) is 5.69 Å². The number of H-pyrrole nitrogens is 1. The van der Waals surface area contributed by atoms with Gasteiger partial charge in [-0.15, -0.1) is 0 Å². The fourth-order valence-electron chi connectivity index (χ4n) is 1.66. The smallest absolute Gasteiger partial charge is 0.263 e. The van der Waals surface area contributed by atoms with Gasteiger partial charge in [0.05, 0.1) is 10.7 Å². The molecule has 2 N–H and O–H groups in total. The molecule has 0 aliphatic carbocycles. The number of nitro groups is 1. The van der Waals surface area contributed by atoms with Crippen LogP contribution in [0.25, 0.3) is 0 Å². The summed E-state index contributed by atoms with van der Waals surface area (Å²) in [5.74, 6) is 0.356. The lowest BCUT2D eigenvalue weighted by atomic mass is 10.2. The number of hydrogen-bond acceptors (Lipinski definition) is 6. The predicted octanol–water partition coefficient (Wildman–Crippen LogP) is 0.375. The SMILES string of the molecule is O=[N+]([O-])c1ccc(CS(=O)(=O)NCCc2ncn[nH]2)cc1. The lowest BCUT2D eigenvalue weighted by molar-refractivity contribution is -0.384. The van der Waals surface area contributed by atoms with Gasteiger partial charge in [0.2, 0.25) is 10.0 Å². The lowest BCUT2D eigenvalue weighted by Gasteiger charge is -2.05. The van der Waals surface area contributed by atoms with Crippen molar-refractivity contribution in [1.29, 1.82) is 0 Å². The summed E-state index contributed by atoms with van der Waals surface area (Å²) in [7, 11) is -3.50. The van der Waals surface area contributed by atoms with E-state index in [0.717, 1.165) is 0 Å². The monoisotopic (exact) mass is 311 g/mol. The quantitative estimate of drug-likeness (QED) is 0.561. The molecule has 9 nitrogen and oxygen atoms in total. The lowest BCUT2D eigenvalue weighted by Crippen LogP contribution is -2.27. The first-order valence-corrected chi connectivity index (χ1v) is 7.66. The zero-order chi connectivity index (χ0) is 15.3. The van der Waals surface area contributed by atoms with Gasteiger partial charge in [-0.1, -0.05) is 12.1 Å². The molecule has 112 valence electrons. The van der Waals surface area contributed by atoms with Crippen molar-refractivity contribution < 1.29 is 13.3 Å². The Morgan fingerprint density at radius 2 is 2.00 bits per heavy atom. The molecule has 0 saturated heterocycles. The van der Waals surface area contributed by atoms with Crippen molar-refractivity contribution in [3.63, 3.8) is 0 Å². The zero-order valence-electron chi connectivity index (χ0n) is 10.9. The highest BCUT2D eigenvalue weighted by Gasteiger charge is 2.12. The molecule has 0 unspecified atom stereocenters. The Bertz CT molecular complexity index is 697. The maximum Gasteiger partial charge on any atom is 0.269 e. The van der Waals surface area contributed by atoms with E-state index >= 15 is 0 Å². The van der Waals surface area contributed by atoms with Crippen LogP contribution in [0.15, 0.2) is 30.6 Å². The third kappa shape index (κ3) is 4.61. The molecule has 1 aromatic carbocycles. The summed E-state index contributed by atoms with van der Waals surface area (Å²) < 4.78 is 26.1. The van der Waals surface area contributed by atoms with Crippen LogP contribution in [0.5, 0.6) is 0 Å². The molecule has 0 amide bonds. The number of benzene rings is 1. The molecule has 0 radical (unpaired) electrons. The van der Waals surface area contributed by atoms with Gasteiger partial charge in [0.1, 0.15) is 12.2 Å². The van der Waals surface area contributed by atoms with Crippen LogP contribution in [0, 0.1) is 10.1 Å². The Labute approximate surface area is 120 Å². The molecule has 0 saturated carbocycles. The van der Waals surface area contributed by atoms with Gasteiger partial charge in [-0.3, -0.25) is 15.2 Å². The number of nitrogens with zero attached hydrogens (tertiary/aromatic N) is 3. The molecule has 1 heterocycles. The standard InChI is InChI=1S/C11H13N5O4S/c17-16(18)10-3-1-9(2-4-10)7-21(19,20)14-6-5-11-12-8-13-15-11/h1-4,8,14H,5-7H2,(H,12,13,15). The minimum Gasteiger partial charge on any atom is -0.263 e. The maximum absolute atomic E-state index is 11.9. The van der Waals surface area contributed by atoms with Gasteiger partial charge in [-0.05, 0) is 5.56 Å². The largest absolute Gasteiger partial charge is 0.269 e. The number of nitrogens with one attached hydrogen (secondary N) is 2. The van der Waals surface area contributed by atoms with E-state index in [2.05, 4.69) is 19.9 Å². The first kappa shape index (κ1) is 15.1. The van der Waals surface area contributed by atoms with Crippen LogP contribution in [0.4, 0.5) is 5.69 Å². The number of aromatic amines is 1. The molecule has 0 aliphatic heterocycles. The second-order valence-corrected chi connectivity index (χ2v) is 6.07. The zero-order valence-corrected chi connectivity index (χ0v) is 11.7. The number of rotatable bonds is 7. The van der Waals surface area contributed by atoms with Gasteiger partial charge in [-0.2, -0.15) is 5.10 Å². The first-order chi connectivity index (χ1) is 9.96. The maximum atomic E-state index is 11.9. The van der Waals surface area contributed by atoms with Crippen molar-refractivity contribution in [2.75, 3.05) is 6.54 Å². The van der Waals surface area contributed by atoms with Crippen molar-refractivity contribution in [3.8, 4) is 0 Å². The molecule has 2 rings (SSSR count). The molecule has 0 fully saturated rings. The van der Waals surface area contributed by atoms with Crippen molar-refractivity contribution in [2.24, 2.45) is 0 Å². The second-order valence-electron chi connectivity index (χ2n) is 4.26. The summed E-state index contributed by atoms with van der Waals surface area (Å²) in [6.45, 7) is 0.199. The topological polar surface area (TPSA) is 131 Å². The highest BCUT2D eigenvalue weighted by molar-refractivity contribution is 7.88. The first-order valence-electron chi connectivity index (χ1n) is 6.01. The van der Waals surface area contributed by atoms with E-state index < -0.39 is 14.9 Å². The molecular formula is C11H13N5O4S. The van der Waals surface area contributed by atoms with Gasteiger partial charge in [0.15, 0.2) is 0 Å². The van der Waals surface area contributed by atoms with Crippen molar-refractivity contribution >= 4 is 15.7 Å².